The molecule has 140 valence electrons. The highest BCUT2D eigenvalue weighted by Crippen LogP contribution is 2.16. The molecule has 0 unspecified atom stereocenters. The van der Waals surface area contributed by atoms with Crippen molar-refractivity contribution in [3.05, 3.63) is 64.4 Å². The van der Waals surface area contributed by atoms with Gasteiger partial charge < -0.3 is 10.1 Å². The molecule has 0 spiro atoms. The zero-order valence-electron chi connectivity index (χ0n) is 15.3. The molecular weight excluding hydrogens is 362 g/mol. The van der Waals surface area contributed by atoms with Gasteiger partial charge in [0, 0.05) is 7.05 Å². The molecule has 0 saturated carbocycles. The molecule has 1 amide bonds. The minimum Gasteiger partial charge on any atom is -0.492 e. The summed E-state index contributed by atoms with van der Waals surface area (Å²) in [6.07, 6.45) is 0. The number of rotatable bonds is 7. The molecule has 0 aliphatic rings. The van der Waals surface area contributed by atoms with Gasteiger partial charge in [-0.2, -0.15) is 0 Å². The van der Waals surface area contributed by atoms with E-state index in [1.807, 2.05) is 43.3 Å². The molecule has 3 rings (SSSR count). The van der Waals surface area contributed by atoms with Crippen LogP contribution < -0.4 is 15.6 Å². The van der Waals surface area contributed by atoms with Crippen LogP contribution in [0.25, 0.3) is 10.9 Å². The average Bonchev–Trinajstić information content (AvgIpc) is 2.67. The molecule has 0 saturated heterocycles. The van der Waals surface area contributed by atoms with E-state index in [4.69, 9.17) is 4.74 Å². The predicted octanol–water partition coefficient (Wildman–Crippen LogP) is 2.53. The molecule has 0 atom stereocenters. The zero-order chi connectivity index (χ0) is 19.2. The average molecular weight is 383 g/mol. The molecule has 1 aromatic heterocycles. The van der Waals surface area contributed by atoms with Crippen LogP contribution in [0.4, 0.5) is 0 Å². The van der Waals surface area contributed by atoms with Crippen LogP contribution in [0.2, 0.25) is 0 Å². The van der Waals surface area contributed by atoms with E-state index in [2.05, 4.69) is 10.3 Å². The number of nitrogens with one attached hydrogen (secondary N) is 1. The molecule has 2 aromatic carbocycles. The minimum absolute atomic E-state index is 0.116. The van der Waals surface area contributed by atoms with Crippen molar-refractivity contribution < 1.29 is 9.53 Å². The van der Waals surface area contributed by atoms with Gasteiger partial charge >= 0.3 is 0 Å². The standard InChI is InChI=1S/C20H21N3O3S/c1-14-6-5-7-15(12-14)26-11-10-21-18(24)13-27-20-22-17-9-4-3-8-16(17)19(25)23(20)2/h3-9,12H,10-11,13H2,1-2H3,(H,21,24). The lowest BCUT2D eigenvalue weighted by atomic mass is 10.2. The normalized spacial score (nSPS) is 10.7. The van der Waals surface area contributed by atoms with Gasteiger partial charge in [-0.3, -0.25) is 14.2 Å². The van der Waals surface area contributed by atoms with Gasteiger partial charge in [0.05, 0.1) is 23.2 Å². The van der Waals surface area contributed by atoms with Crippen molar-refractivity contribution in [2.75, 3.05) is 18.9 Å². The number of nitrogens with zero attached hydrogens (tertiary/aromatic N) is 2. The summed E-state index contributed by atoms with van der Waals surface area (Å²) in [5.74, 6) is 0.840. The van der Waals surface area contributed by atoms with E-state index in [0.29, 0.717) is 29.2 Å². The van der Waals surface area contributed by atoms with E-state index < -0.39 is 0 Å². The highest BCUT2D eigenvalue weighted by atomic mass is 32.2. The second-order valence-electron chi connectivity index (χ2n) is 6.08. The van der Waals surface area contributed by atoms with Gasteiger partial charge in [0.25, 0.3) is 5.56 Å². The number of hydrogen-bond donors (Lipinski definition) is 1. The van der Waals surface area contributed by atoms with Gasteiger partial charge in [-0.1, -0.05) is 36.0 Å². The lowest BCUT2D eigenvalue weighted by molar-refractivity contribution is -0.118. The van der Waals surface area contributed by atoms with E-state index in [1.54, 1.807) is 19.2 Å². The molecular formula is C20H21N3O3S. The number of carbonyl (C=O) groups is 1. The summed E-state index contributed by atoms with van der Waals surface area (Å²) >= 11 is 1.24. The summed E-state index contributed by atoms with van der Waals surface area (Å²) < 4.78 is 7.08. The number of carbonyl (C=O) groups excluding carboxylic acids is 1. The molecule has 0 aliphatic carbocycles. The first-order chi connectivity index (χ1) is 13.0. The van der Waals surface area contributed by atoms with Crippen LogP contribution >= 0.6 is 11.8 Å². The maximum absolute atomic E-state index is 12.4. The Morgan fingerprint density at radius 2 is 2.04 bits per heavy atom. The molecule has 0 radical (unpaired) electrons. The summed E-state index contributed by atoms with van der Waals surface area (Å²) in [5, 5.41) is 3.90. The van der Waals surface area contributed by atoms with Crippen molar-refractivity contribution in [2.45, 2.75) is 12.1 Å². The van der Waals surface area contributed by atoms with Crippen LogP contribution in [0.1, 0.15) is 5.56 Å². The quantitative estimate of drug-likeness (QED) is 0.386. The fraction of sp³-hybridized carbons (Fsp3) is 0.250. The summed E-state index contributed by atoms with van der Waals surface area (Å²) in [7, 11) is 1.66. The second-order valence-corrected chi connectivity index (χ2v) is 7.02. The smallest absolute Gasteiger partial charge is 0.261 e. The number of aromatic nitrogens is 2. The van der Waals surface area contributed by atoms with Crippen molar-refractivity contribution in [2.24, 2.45) is 7.05 Å². The fourth-order valence-corrected chi connectivity index (χ4v) is 3.37. The van der Waals surface area contributed by atoms with Gasteiger partial charge in [-0.15, -0.1) is 0 Å². The van der Waals surface area contributed by atoms with E-state index in [-0.39, 0.29) is 17.2 Å². The monoisotopic (exact) mass is 383 g/mol. The van der Waals surface area contributed by atoms with Crippen molar-refractivity contribution in [1.29, 1.82) is 0 Å². The number of benzene rings is 2. The van der Waals surface area contributed by atoms with Gasteiger partial charge in [0.15, 0.2) is 5.16 Å². The van der Waals surface area contributed by atoms with Crippen LogP contribution in [-0.2, 0) is 11.8 Å². The Hall–Kier alpha value is -2.80. The molecule has 1 heterocycles. The Labute approximate surface area is 161 Å². The number of para-hydroxylation sites is 1. The molecule has 1 N–H and O–H groups in total. The first-order valence-electron chi connectivity index (χ1n) is 8.59. The summed E-state index contributed by atoms with van der Waals surface area (Å²) in [5.41, 5.74) is 1.64. The van der Waals surface area contributed by atoms with Gasteiger partial charge in [0.1, 0.15) is 12.4 Å². The second kappa shape index (κ2) is 8.73. The minimum atomic E-state index is -0.129. The summed E-state index contributed by atoms with van der Waals surface area (Å²) in [4.78, 5) is 28.9. The Balaban J connectivity index is 1.50. The van der Waals surface area contributed by atoms with E-state index in [1.165, 1.54) is 16.3 Å². The molecule has 27 heavy (non-hydrogen) atoms. The number of thioether (sulfide) groups is 1. The van der Waals surface area contributed by atoms with E-state index >= 15 is 0 Å². The van der Waals surface area contributed by atoms with Crippen LogP contribution in [0.15, 0.2) is 58.5 Å². The molecule has 6 nitrogen and oxygen atoms in total. The van der Waals surface area contributed by atoms with Gasteiger partial charge in [-0.05, 0) is 36.8 Å². The van der Waals surface area contributed by atoms with Gasteiger partial charge in [0.2, 0.25) is 5.91 Å². The van der Waals surface area contributed by atoms with Crippen molar-refractivity contribution in [3.63, 3.8) is 0 Å². The Kier molecular flexibility index (Phi) is 6.13. The predicted molar refractivity (Wildman–Crippen MR) is 107 cm³/mol. The lowest BCUT2D eigenvalue weighted by Crippen LogP contribution is -2.30. The first kappa shape index (κ1) is 19.0. The highest BCUT2D eigenvalue weighted by Gasteiger charge is 2.10. The van der Waals surface area contributed by atoms with Crippen molar-refractivity contribution >= 4 is 28.6 Å². The third-order valence-corrected chi connectivity index (χ3v) is 4.99. The fourth-order valence-electron chi connectivity index (χ4n) is 2.57. The Bertz CT molecular complexity index is 1020. The number of fused-ring (bicyclic) bond motifs is 1. The molecule has 3 aromatic rings. The van der Waals surface area contributed by atoms with Crippen LogP contribution in [0.3, 0.4) is 0 Å². The van der Waals surface area contributed by atoms with E-state index in [0.717, 1.165) is 11.3 Å². The zero-order valence-corrected chi connectivity index (χ0v) is 16.1. The van der Waals surface area contributed by atoms with Crippen LogP contribution in [-0.4, -0.2) is 34.4 Å². The Morgan fingerprint density at radius 3 is 2.85 bits per heavy atom. The largest absolute Gasteiger partial charge is 0.492 e. The third kappa shape index (κ3) is 4.89. The topological polar surface area (TPSA) is 73.2 Å². The van der Waals surface area contributed by atoms with Gasteiger partial charge in [-0.25, -0.2) is 4.98 Å². The maximum atomic E-state index is 12.4. The van der Waals surface area contributed by atoms with E-state index in [9.17, 15) is 9.59 Å². The third-order valence-electron chi connectivity index (χ3n) is 3.96. The van der Waals surface area contributed by atoms with Crippen LogP contribution in [0.5, 0.6) is 5.75 Å². The van der Waals surface area contributed by atoms with Crippen LogP contribution in [0, 0.1) is 6.92 Å². The Morgan fingerprint density at radius 1 is 1.22 bits per heavy atom. The number of aryl methyl sites for hydroxylation is 1. The number of ether oxygens (including phenoxy) is 1. The highest BCUT2D eigenvalue weighted by molar-refractivity contribution is 7.99. The SMILES string of the molecule is Cc1cccc(OCCNC(=O)CSc2nc3ccccc3c(=O)n2C)c1. The van der Waals surface area contributed by atoms with Crippen molar-refractivity contribution in [1.82, 2.24) is 14.9 Å². The summed E-state index contributed by atoms with van der Waals surface area (Å²) in [6.45, 7) is 2.81. The van der Waals surface area contributed by atoms with Crippen molar-refractivity contribution in [3.8, 4) is 5.75 Å². The first-order valence-corrected chi connectivity index (χ1v) is 9.58. The maximum Gasteiger partial charge on any atom is 0.261 e. The molecule has 7 heteroatoms. The lowest BCUT2D eigenvalue weighted by Gasteiger charge is -2.10. The molecule has 0 fully saturated rings. The number of hydrogen-bond acceptors (Lipinski definition) is 5. The molecule has 0 aliphatic heterocycles. The summed E-state index contributed by atoms with van der Waals surface area (Å²) in [6, 6.07) is 15.0. The number of amides is 1. The molecule has 0 bridgehead atoms.